The van der Waals surface area contributed by atoms with Gasteiger partial charge in [0.05, 0.1) is 18.8 Å². The average Bonchev–Trinajstić information content (AvgIpc) is 2.54. The van der Waals surface area contributed by atoms with Gasteiger partial charge in [-0.1, -0.05) is 26.8 Å². The van der Waals surface area contributed by atoms with Crippen molar-refractivity contribution < 1.29 is 14.3 Å². The molecule has 0 radical (unpaired) electrons. The molecule has 1 amide bonds. The summed E-state index contributed by atoms with van der Waals surface area (Å²) < 4.78 is 6.13. The number of hydrogen-bond donors (Lipinski definition) is 2. The highest BCUT2D eigenvalue weighted by Crippen LogP contribution is 2.37. The first kappa shape index (κ1) is 16.4. The minimum Gasteiger partial charge on any atom is -0.413 e. The van der Waals surface area contributed by atoms with Crippen LogP contribution in [0, 0.1) is 0 Å². The highest BCUT2D eigenvalue weighted by atomic mass is 28.4. The molecule has 2 N–H and O–H groups in total. The summed E-state index contributed by atoms with van der Waals surface area (Å²) in [7, 11) is -1.76. The van der Waals surface area contributed by atoms with Gasteiger partial charge in [0.1, 0.15) is 0 Å². The lowest BCUT2D eigenvalue weighted by Gasteiger charge is -2.36. The van der Waals surface area contributed by atoms with E-state index in [1.165, 1.54) is 6.92 Å². The first-order chi connectivity index (χ1) is 8.53. The minimum atomic E-state index is -1.76. The first-order valence-corrected chi connectivity index (χ1v) is 9.72. The van der Waals surface area contributed by atoms with E-state index >= 15 is 0 Å². The molecule has 0 aromatic heterocycles. The standard InChI is InChI=1S/C14H27NO3Si/c1-10(16)15-12-7-11(8-13(12)17)9-18-19(5,6)14(2,3)4/h8,12-13,17H,7,9H2,1-6H3,(H,15,16)/t12-,13+/m1/s1. The van der Waals surface area contributed by atoms with Crippen LogP contribution >= 0.6 is 0 Å². The van der Waals surface area contributed by atoms with E-state index in [1.54, 1.807) is 0 Å². The van der Waals surface area contributed by atoms with Gasteiger partial charge in [-0.15, -0.1) is 0 Å². The van der Waals surface area contributed by atoms with E-state index in [9.17, 15) is 9.90 Å². The Bertz CT molecular complexity index is 371. The van der Waals surface area contributed by atoms with Crippen LogP contribution in [0.15, 0.2) is 11.6 Å². The highest BCUT2D eigenvalue weighted by molar-refractivity contribution is 6.74. The number of nitrogens with one attached hydrogen (secondary N) is 1. The molecule has 0 aromatic rings. The van der Waals surface area contributed by atoms with Crippen molar-refractivity contribution in [2.24, 2.45) is 0 Å². The van der Waals surface area contributed by atoms with E-state index in [4.69, 9.17) is 4.43 Å². The van der Waals surface area contributed by atoms with Gasteiger partial charge in [-0.25, -0.2) is 0 Å². The van der Waals surface area contributed by atoms with Gasteiger partial charge in [0.2, 0.25) is 5.91 Å². The van der Waals surface area contributed by atoms with Gasteiger partial charge in [0.25, 0.3) is 0 Å². The molecular weight excluding hydrogens is 258 g/mol. The SMILES string of the molecule is CC(=O)N[C@@H]1CC(CO[Si](C)(C)C(C)(C)C)=C[C@@H]1O. The predicted octanol–water partition coefficient (Wildman–Crippen LogP) is 2.20. The Hall–Kier alpha value is -0.653. The van der Waals surface area contributed by atoms with Gasteiger partial charge in [0, 0.05) is 6.92 Å². The van der Waals surface area contributed by atoms with Crippen LogP contribution in [0.25, 0.3) is 0 Å². The fourth-order valence-corrected chi connectivity index (χ4v) is 2.80. The number of aliphatic hydroxyl groups excluding tert-OH is 1. The van der Waals surface area contributed by atoms with Crippen LogP contribution in [-0.2, 0) is 9.22 Å². The second-order valence-electron chi connectivity index (χ2n) is 6.88. The van der Waals surface area contributed by atoms with Crippen molar-refractivity contribution in [2.45, 2.75) is 64.4 Å². The quantitative estimate of drug-likeness (QED) is 0.615. The van der Waals surface area contributed by atoms with Crippen molar-refractivity contribution in [3.05, 3.63) is 11.6 Å². The Labute approximate surface area is 117 Å². The van der Waals surface area contributed by atoms with Crippen LogP contribution in [-0.4, -0.2) is 38.1 Å². The second kappa shape index (κ2) is 5.77. The lowest BCUT2D eigenvalue weighted by molar-refractivity contribution is -0.120. The molecule has 0 fully saturated rings. The van der Waals surface area contributed by atoms with Gasteiger partial charge in [0.15, 0.2) is 8.32 Å². The van der Waals surface area contributed by atoms with E-state index in [0.29, 0.717) is 13.0 Å². The fraction of sp³-hybridized carbons (Fsp3) is 0.786. The molecule has 1 rings (SSSR count). The number of carbonyl (C=O) groups excluding carboxylic acids is 1. The van der Waals surface area contributed by atoms with Crippen LogP contribution in [0.3, 0.4) is 0 Å². The summed E-state index contributed by atoms with van der Waals surface area (Å²) >= 11 is 0. The van der Waals surface area contributed by atoms with Gasteiger partial charge < -0.3 is 14.8 Å². The Kier molecular flexibility index (Phi) is 4.98. The molecule has 110 valence electrons. The molecule has 0 bridgehead atoms. The zero-order valence-electron chi connectivity index (χ0n) is 12.9. The third-order valence-electron chi connectivity index (χ3n) is 4.11. The van der Waals surface area contributed by atoms with Crippen LogP contribution in [0.5, 0.6) is 0 Å². The monoisotopic (exact) mass is 285 g/mol. The predicted molar refractivity (Wildman–Crippen MR) is 79.5 cm³/mol. The summed E-state index contributed by atoms with van der Waals surface area (Å²) in [6.45, 7) is 13.1. The van der Waals surface area contributed by atoms with Crippen molar-refractivity contribution >= 4 is 14.2 Å². The number of amides is 1. The molecule has 2 atom stereocenters. The van der Waals surface area contributed by atoms with E-state index < -0.39 is 14.4 Å². The molecule has 1 aliphatic rings. The molecule has 0 unspecified atom stereocenters. The van der Waals surface area contributed by atoms with E-state index in [0.717, 1.165) is 5.57 Å². The third kappa shape index (κ3) is 4.44. The maximum absolute atomic E-state index is 11.0. The van der Waals surface area contributed by atoms with Crippen molar-refractivity contribution in [1.29, 1.82) is 0 Å². The molecular formula is C14H27NO3Si. The highest BCUT2D eigenvalue weighted by Gasteiger charge is 2.37. The molecule has 0 spiro atoms. The summed E-state index contributed by atoms with van der Waals surface area (Å²) in [5.74, 6) is -0.107. The number of hydrogen-bond acceptors (Lipinski definition) is 3. The van der Waals surface area contributed by atoms with E-state index in [2.05, 4.69) is 39.2 Å². The topological polar surface area (TPSA) is 58.6 Å². The number of aliphatic hydroxyl groups is 1. The van der Waals surface area contributed by atoms with E-state index in [1.807, 2.05) is 6.08 Å². The zero-order chi connectivity index (χ0) is 14.8. The number of rotatable bonds is 4. The normalized spacial score (nSPS) is 24.3. The Morgan fingerprint density at radius 3 is 2.58 bits per heavy atom. The van der Waals surface area contributed by atoms with Crippen LogP contribution in [0.4, 0.5) is 0 Å². The summed E-state index contributed by atoms with van der Waals surface area (Å²) in [5, 5.41) is 12.8. The Morgan fingerprint density at radius 1 is 1.53 bits per heavy atom. The van der Waals surface area contributed by atoms with Gasteiger partial charge in [-0.3, -0.25) is 4.79 Å². The summed E-state index contributed by atoms with van der Waals surface area (Å²) in [6, 6.07) is -0.199. The lowest BCUT2D eigenvalue weighted by Crippen LogP contribution is -2.41. The Morgan fingerprint density at radius 2 is 2.11 bits per heavy atom. The second-order valence-corrected chi connectivity index (χ2v) is 11.7. The van der Waals surface area contributed by atoms with Gasteiger partial charge in [-0.2, -0.15) is 0 Å². The third-order valence-corrected chi connectivity index (χ3v) is 8.59. The summed E-state index contributed by atoms with van der Waals surface area (Å²) in [5.41, 5.74) is 1.08. The van der Waals surface area contributed by atoms with Crippen LogP contribution in [0.2, 0.25) is 18.1 Å². The molecule has 0 saturated carbocycles. The fourth-order valence-electron chi connectivity index (χ4n) is 1.82. The molecule has 0 heterocycles. The minimum absolute atomic E-state index is 0.107. The van der Waals surface area contributed by atoms with Crippen LogP contribution in [0.1, 0.15) is 34.1 Å². The van der Waals surface area contributed by atoms with E-state index in [-0.39, 0.29) is 17.0 Å². The summed E-state index contributed by atoms with van der Waals surface area (Å²) in [4.78, 5) is 11.0. The zero-order valence-corrected chi connectivity index (χ0v) is 13.9. The maximum Gasteiger partial charge on any atom is 0.217 e. The average molecular weight is 285 g/mol. The molecule has 0 aromatic carbocycles. The molecule has 5 heteroatoms. The lowest BCUT2D eigenvalue weighted by atomic mass is 10.2. The molecule has 19 heavy (non-hydrogen) atoms. The summed E-state index contributed by atoms with van der Waals surface area (Å²) in [6.07, 6.45) is 1.89. The Balaban J connectivity index is 2.52. The molecule has 0 aliphatic heterocycles. The maximum atomic E-state index is 11.0. The largest absolute Gasteiger partial charge is 0.413 e. The molecule has 0 saturated heterocycles. The van der Waals surface area contributed by atoms with Crippen LogP contribution < -0.4 is 5.32 Å². The van der Waals surface area contributed by atoms with Crippen molar-refractivity contribution in [3.63, 3.8) is 0 Å². The van der Waals surface area contributed by atoms with Crippen molar-refractivity contribution in [3.8, 4) is 0 Å². The van der Waals surface area contributed by atoms with Crippen molar-refractivity contribution in [1.82, 2.24) is 5.32 Å². The van der Waals surface area contributed by atoms with Gasteiger partial charge >= 0.3 is 0 Å². The molecule has 4 nitrogen and oxygen atoms in total. The van der Waals surface area contributed by atoms with Gasteiger partial charge in [-0.05, 0) is 30.1 Å². The smallest absolute Gasteiger partial charge is 0.217 e. The first-order valence-electron chi connectivity index (χ1n) is 6.81. The number of carbonyl (C=O) groups is 1. The molecule has 1 aliphatic carbocycles. The van der Waals surface area contributed by atoms with Crippen molar-refractivity contribution in [2.75, 3.05) is 6.61 Å².